The minimum Gasteiger partial charge on any atom is -0.497 e. The van der Waals surface area contributed by atoms with Crippen LogP contribution >= 0.6 is 23.8 Å². The van der Waals surface area contributed by atoms with Gasteiger partial charge in [0.25, 0.3) is 0 Å². The maximum absolute atomic E-state index is 13.5. The first-order chi connectivity index (χ1) is 18.8. The molecule has 4 N–H and O–H groups in total. The molecule has 0 aliphatic rings. The van der Waals surface area contributed by atoms with Gasteiger partial charge < -0.3 is 24.8 Å². The molecule has 0 heterocycles. The van der Waals surface area contributed by atoms with Crippen molar-refractivity contribution in [2.24, 2.45) is 5.92 Å². The number of nitrogens with one attached hydrogen (secondary N) is 3. The van der Waals surface area contributed by atoms with Gasteiger partial charge in [0, 0.05) is 31.0 Å². The van der Waals surface area contributed by atoms with Crippen molar-refractivity contribution >= 4 is 40.6 Å². The summed E-state index contributed by atoms with van der Waals surface area (Å²) in [5.41, 5.74) is 3.57. The van der Waals surface area contributed by atoms with E-state index in [1.807, 2.05) is 43.3 Å². The van der Waals surface area contributed by atoms with Gasteiger partial charge in [-0.3, -0.25) is 14.8 Å². The van der Waals surface area contributed by atoms with Gasteiger partial charge in [0.15, 0.2) is 0 Å². The molecule has 1 unspecified atom stereocenters. The molecule has 2 rings (SSSR count). The van der Waals surface area contributed by atoms with Crippen molar-refractivity contribution < 1.29 is 29.0 Å². The Hall–Kier alpha value is -2.76. The molecule has 0 fully saturated rings. The fourth-order valence-corrected chi connectivity index (χ4v) is 4.39. The molecular weight excluding hydrogens is 542 g/mol. The number of amides is 2. The van der Waals surface area contributed by atoms with Crippen LogP contribution in [-0.4, -0.2) is 68.6 Å². The van der Waals surface area contributed by atoms with Crippen molar-refractivity contribution in [1.29, 1.82) is 0 Å². The van der Waals surface area contributed by atoms with E-state index in [9.17, 15) is 9.59 Å². The normalized spacial score (nSPS) is 13.2. The highest BCUT2D eigenvalue weighted by Gasteiger charge is 2.28. The molecule has 0 aliphatic carbocycles. The van der Waals surface area contributed by atoms with Gasteiger partial charge in [-0.1, -0.05) is 55.0 Å². The second-order valence-electron chi connectivity index (χ2n) is 9.13. The van der Waals surface area contributed by atoms with E-state index in [0.717, 1.165) is 16.9 Å². The van der Waals surface area contributed by atoms with Crippen molar-refractivity contribution in [2.45, 2.75) is 38.1 Å². The lowest BCUT2D eigenvalue weighted by molar-refractivity contribution is -0.135. The predicted molar refractivity (Wildman–Crippen MR) is 154 cm³/mol. The zero-order chi connectivity index (χ0) is 28.6. The summed E-state index contributed by atoms with van der Waals surface area (Å²) in [5.74, 6) is -1.00. The van der Waals surface area contributed by atoms with E-state index >= 15 is 0 Å². The van der Waals surface area contributed by atoms with Crippen LogP contribution in [0.4, 0.5) is 0 Å². The highest BCUT2D eigenvalue weighted by Crippen LogP contribution is 2.27. The fourth-order valence-electron chi connectivity index (χ4n) is 4.02. The predicted octanol–water partition coefficient (Wildman–Crippen LogP) is 3.66. The lowest BCUT2D eigenvalue weighted by Gasteiger charge is -2.25. The molecule has 2 amide bonds. The Kier molecular flexibility index (Phi) is 14.8. The highest BCUT2D eigenvalue weighted by molar-refractivity contribution is 7.80. The summed E-state index contributed by atoms with van der Waals surface area (Å²) in [5, 5.41) is 15.9. The number of benzene rings is 2. The lowest BCUT2D eigenvalue weighted by atomic mass is 9.87. The third-order valence-corrected chi connectivity index (χ3v) is 6.89. The number of methoxy groups -OCH3 is 2. The van der Waals surface area contributed by atoms with Crippen LogP contribution in [0.1, 0.15) is 36.8 Å². The van der Waals surface area contributed by atoms with Crippen molar-refractivity contribution in [2.75, 3.05) is 40.6 Å². The first-order valence-electron chi connectivity index (χ1n) is 12.7. The van der Waals surface area contributed by atoms with E-state index in [-0.39, 0.29) is 18.2 Å². The number of halogens is 1. The number of hydrogen-bond donors (Lipinski definition) is 4. The Morgan fingerprint density at radius 2 is 1.72 bits per heavy atom. The van der Waals surface area contributed by atoms with Crippen LogP contribution in [0, 0.1) is 5.92 Å². The monoisotopic (exact) mass is 579 g/mol. The average molecular weight is 580 g/mol. The molecule has 0 spiro atoms. The first kappa shape index (κ1) is 32.5. The Balaban J connectivity index is 2.16. The molecular formula is C28H38ClN3O6S. The number of carbonyl (C=O) groups is 2. The van der Waals surface area contributed by atoms with Gasteiger partial charge >= 0.3 is 0 Å². The molecule has 0 radical (unpaired) electrons. The quantitative estimate of drug-likeness (QED) is 0.0970. The first-order valence-corrected chi connectivity index (χ1v) is 13.5. The summed E-state index contributed by atoms with van der Waals surface area (Å²) >= 11 is 11.7. The van der Waals surface area contributed by atoms with E-state index in [1.54, 1.807) is 31.8 Å². The van der Waals surface area contributed by atoms with Crippen LogP contribution in [0.25, 0.3) is 0 Å². The van der Waals surface area contributed by atoms with E-state index in [0.29, 0.717) is 49.2 Å². The Bertz CT molecular complexity index is 1040. The van der Waals surface area contributed by atoms with Crippen LogP contribution in [0.2, 0.25) is 5.02 Å². The van der Waals surface area contributed by atoms with Gasteiger partial charge in [-0.25, -0.2) is 5.48 Å². The van der Waals surface area contributed by atoms with Gasteiger partial charge in [-0.15, -0.1) is 0 Å². The molecule has 11 heteroatoms. The third kappa shape index (κ3) is 11.9. The van der Waals surface area contributed by atoms with Crippen LogP contribution in [0.15, 0.2) is 48.5 Å². The minimum atomic E-state index is -0.707. The number of thiocarbonyl (C=S) groups is 1. The molecule has 9 nitrogen and oxygen atoms in total. The topological polar surface area (TPSA) is 118 Å². The van der Waals surface area contributed by atoms with Crippen LogP contribution in [0.3, 0.4) is 0 Å². The molecule has 0 aliphatic heterocycles. The molecule has 39 heavy (non-hydrogen) atoms. The van der Waals surface area contributed by atoms with E-state index in [4.69, 9.17) is 43.2 Å². The van der Waals surface area contributed by atoms with Crippen molar-refractivity contribution in [3.8, 4) is 5.75 Å². The third-order valence-electron chi connectivity index (χ3n) is 6.21. The zero-order valence-corrected chi connectivity index (χ0v) is 24.1. The number of carbonyl (C=O) groups excluding carboxylic acids is 2. The standard InChI is InChI=1S/C28H38ClN3O6S/c1-19(21-6-8-23(29)9-7-21)16-22(18-26(33)32-35)27(34)31-25(17-20-4-10-24(37-3)11-5-20)28(39)30-12-13-38-15-14-36-2/h4-11,19,22,25,35H,12-18H2,1-3H3,(H,30,39)(H,31,34)(H,32,33)/t19?,22-,25+/m1/s1. The molecule has 3 atom stereocenters. The maximum atomic E-state index is 13.5. The molecule has 2 aromatic carbocycles. The van der Waals surface area contributed by atoms with Crippen LogP contribution in [0.5, 0.6) is 5.75 Å². The van der Waals surface area contributed by atoms with Gasteiger partial charge in [0.05, 0.1) is 38.0 Å². The smallest absolute Gasteiger partial charge is 0.244 e. The summed E-state index contributed by atoms with van der Waals surface area (Å²) in [6, 6.07) is 14.3. The average Bonchev–Trinajstić information content (AvgIpc) is 2.94. The summed E-state index contributed by atoms with van der Waals surface area (Å²) in [6.45, 7) is 3.83. The Labute approximate surface area is 240 Å². The Morgan fingerprint density at radius 3 is 2.33 bits per heavy atom. The van der Waals surface area contributed by atoms with Crippen LogP contribution < -0.4 is 20.9 Å². The van der Waals surface area contributed by atoms with E-state index in [1.165, 1.54) is 0 Å². The second-order valence-corrected chi connectivity index (χ2v) is 10.0. The molecule has 0 saturated heterocycles. The summed E-state index contributed by atoms with van der Waals surface area (Å²) in [4.78, 5) is 26.1. The Morgan fingerprint density at radius 1 is 1.03 bits per heavy atom. The minimum absolute atomic E-state index is 0.0427. The van der Waals surface area contributed by atoms with E-state index < -0.39 is 17.9 Å². The van der Waals surface area contributed by atoms with Gasteiger partial charge in [0.1, 0.15) is 5.75 Å². The van der Waals surface area contributed by atoms with Crippen molar-refractivity contribution in [1.82, 2.24) is 16.1 Å². The zero-order valence-electron chi connectivity index (χ0n) is 22.6. The summed E-state index contributed by atoms with van der Waals surface area (Å²) in [7, 11) is 3.20. The maximum Gasteiger partial charge on any atom is 0.244 e. The molecule has 0 saturated carbocycles. The molecule has 2 aromatic rings. The number of hydroxylamine groups is 1. The van der Waals surface area contributed by atoms with Crippen molar-refractivity contribution in [3.05, 3.63) is 64.7 Å². The molecule has 214 valence electrons. The lowest BCUT2D eigenvalue weighted by Crippen LogP contribution is -2.50. The number of hydrogen-bond acceptors (Lipinski definition) is 7. The van der Waals surface area contributed by atoms with Gasteiger partial charge in [-0.05, 0) is 54.2 Å². The van der Waals surface area contributed by atoms with Gasteiger partial charge in [-0.2, -0.15) is 0 Å². The van der Waals surface area contributed by atoms with Crippen molar-refractivity contribution in [3.63, 3.8) is 0 Å². The number of ether oxygens (including phenoxy) is 3. The van der Waals surface area contributed by atoms with Crippen LogP contribution in [-0.2, 0) is 25.5 Å². The second kappa shape index (κ2) is 17.8. The molecule has 0 aromatic heterocycles. The SMILES string of the molecule is COCCOCCNC(=S)[C@H](Cc1ccc(OC)cc1)NC(=O)[C@@H](CC(=O)NO)CC(C)c1ccc(Cl)cc1. The number of rotatable bonds is 17. The highest BCUT2D eigenvalue weighted by atomic mass is 35.5. The largest absolute Gasteiger partial charge is 0.497 e. The van der Waals surface area contributed by atoms with Gasteiger partial charge in [0.2, 0.25) is 11.8 Å². The summed E-state index contributed by atoms with van der Waals surface area (Å²) < 4.78 is 15.7. The van der Waals surface area contributed by atoms with E-state index in [2.05, 4.69) is 10.6 Å². The molecule has 0 bridgehead atoms. The fraction of sp³-hybridized carbons (Fsp3) is 0.464. The summed E-state index contributed by atoms with van der Waals surface area (Å²) in [6.07, 6.45) is 0.629.